The van der Waals surface area contributed by atoms with E-state index in [-0.39, 0.29) is 6.61 Å². The first-order valence-corrected chi connectivity index (χ1v) is 8.89. The Bertz CT molecular complexity index is 755. The number of alkyl halides is 2. The van der Waals surface area contributed by atoms with Crippen molar-refractivity contribution in [2.45, 2.75) is 23.4 Å². The first-order chi connectivity index (χ1) is 12.6. The van der Waals surface area contributed by atoms with E-state index in [1.165, 1.54) is 0 Å². The van der Waals surface area contributed by atoms with Gasteiger partial charge in [0.2, 0.25) is 6.36 Å². The van der Waals surface area contributed by atoms with Crippen molar-refractivity contribution in [3.8, 4) is 0 Å². The second kappa shape index (κ2) is 8.42. The first kappa shape index (κ1) is 18.5. The molecule has 0 aromatic heterocycles. The molecule has 1 aliphatic heterocycles. The van der Waals surface area contributed by atoms with Gasteiger partial charge in [0.1, 0.15) is 4.83 Å². The number of ether oxygens (including phenoxy) is 3. The minimum absolute atomic E-state index is 0.214. The summed E-state index contributed by atoms with van der Waals surface area (Å²) in [5, 5.41) is 0. The maximum atomic E-state index is 13.9. The fraction of sp³-hybridized carbons (Fsp3) is 0.263. The van der Waals surface area contributed by atoms with E-state index < -0.39 is 35.3 Å². The van der Waals surface area contributed by atoms with Gasteiger partial charge in [-0.05, 0) is 24.3 Å². The van der Waals surface area contributed by atoms with Gasteiger partial charge in [-0.1, -0.05) is 52.3 Å². The summed E-state index contributed by atoms with van der Waals surface area (Å²) >= 11 is 3.14. The van der Waals surface area contributed by atoms with Crippen LogP contribution in [0.3, 0.4) is 0 Å². The third kappa shape index (κ3) is 4.28. The number of carbonyl (C=O) groups excluding carboxylic acids is 2. The fourth-order valence-electron chi connectivity index (χ4n) is 2.52. The molecule has 1 saturated heterocycles. The standard InChI is InChI=1S/C19H16BrFO5/c20-15-16(26-19(23)13-9-5-2-6-10-13)14(11-24-17(15)21)25-18(22)12-7-3-1-4-8-12/h1-10,14-17H,11H2/t14-,15-,16+,17-/m1/s1. The number of esters is 2. The smallest absolute Gasteiger partial charge is 0.338 e. The van der Waals surface area contributed by atoms with Crippen molar-refractivity contribution in [2.24, 2.45) is 0 Å². The Morgan fingerprint density at radius 1 is 0.923 bits per heavy atom. The average molecular weight is 423 g/mol. The van der Waals surface area contributed by atoms with E-state index in [0.29, 0.717) is 11.1 Å². The molecule has 5 nitrogen and oxygen atoms in total. The molecule has 0 saturated carbocycles. The molecule has 7 heteroatoms. The van der Waals surface area contributed by atoms with Crippen LogP contribution in [-0.4, -0.2) is 41.9 Å². The van der Waals surface area contributed by atoms with E-state index >= 15 is 0 Å². The minimum Gasteiger partial charge on any atom is -0.453 e. The van der Waals surface area contributed by atoms with Gasteiger partial charge in [-0.25, -0.2) is 14.0 Å². The summed E-state index contributed by atoms with van der Waals surface area (Å²) in [7, 11) is 0. The highest BCUT2D eigenvalue weighted by Crippen LogP contribution is 2.28. The van der Waals surface area contributed by atoms with Crippen LogP contribution in [-0.2, 0) is 14.2 Å². The Balaban J connectivity index is 1.74. The second-order valence-electron chi connectivity index (χ2n) is 5.67. The highest BCUT2D eigenvalue weighted by atomic mass is 79.9. The van der Waals surface area contributed by atoms with Crippen LogP contribution in [0.1, 0.15) is 20.7 Å². The molecule has 3 rings (SSSR count). The molecule has 1 heterocycles. The summed E-state index contributed by atoms with van der Waals surface area (Å²) in [5.41, 5.74) is 0.663. The summed E-state index contributed by atoms with van der Waals surface area (Å²) in [4.78, 5) is 23.6. The van der Waals surface area contributed by atoms with Crippen molar-refractivity contribution in [2.75, 3.05) is 6.61 Å². The van der Waals surface area contributed by atoms with Crippen LogP contribution in [0.25, 0.3) is 0 Å². The molecule has 0 N–H and O–H groups in total. The third-order valence-electron chi connectivity index (χ3n) is 3.87. The molecule has 0 spiro atoms. The van der Waals surface area contributed by atoms with Crippen molar-refractivity contribution >= 4 is 27.9 Å². The highest BCUT2D eigenvalue weighted by Gasteiger charge is 2.44. The van der Waals surface area contributed by atoms with E-state index in [0.717, 1.165) is 0 Å². The van der Waals surface area contributed by atoms with Crippen LogP contribution >= 0.6 is 15.9 Å². The Morgan fingerprint density at radius 3 is 1.96 bits per heavy atom. The summed E-state index contributed by atoms with van der Waals surface area (Å²) in [5.74, 6) is -1.23. The Morgan fingerprint density at radius 2 is 1.42 bits per heavy atom. The minimum atomic E-state index is -1.68. The molecule has 2 aromatic rings. The zero-order valence-corrected chi connectivity index (χ0v) is 15.2. The topological polar surface area (TPSA) is 61.8 Å². The van der Waals surface area contributed by atoms with Gasteiger partial charge in [-0.3, -0.25) is 0 Å². The zero-order valence-electron chi connectivity index (χ0n) is 13.6. The van der Waals surface area contributed by atoms with E-state index in [2.05, 4.69) is 15.9 Å². The lowest BCUT2D eigenvalue weighted by atomic mass is 10.1. The Kier molecular flexibility index (Phi) is 6.00. The maximum absolute atomic E-state index is 13.9. The molecule has 1 fully saturated rings. The van der Waals surface area contributed by atoms with Crippen LogP contribution in [0.2, 0.25) is 0 Å². The monoisotopic (exact) mass is 422 g/mol. The lowest BCUT2D eigenvalue weighted by molar-refractivity contribution is -0.159. The lowest BCUT2D eigenvalue weighted by Gasteiger charge is -2.36. The van der Waals surface area contributed by atoms with E-state index in [4.69, 9.17) is 14.2 Å². The second-order valence-corrected chi connectivity index (χ2v) is 6.73. The van der Waals surface area contributed by atoms with Gasteiger partial charge >= 0.3 is 11.9 Å². The van der Waals surface area contributed by atoms with Crippen molar-refractivity contribution in [1.29, 1.82) is 0 Å². The predicted molar refractivity (Wildman–Crippen MR) is 94.9 cm³/mol. The number of hydrogen-bond donors (Lipinski definition) is 0. The van der Waals surface area contributed by atoms with Gasteiger partial charge in [-0.2, -0.15) is 0 Å². The van der Waals surface area contributed by atoms with Crippen molar-refractivity contribution in [3.63, 3.8) is 0 Å². The summed E-state index contributed by atoms with van der Waals surface area (Å²) in [6.45, 7) is -0.214. The molecule has 0 bridgehead atoms. The average Bonchev–Trinajstić information content (AvgIpc) is 2.68. The Labute approximate surface area is 158 Å². The summed E-state index contributed by atoms with van der Waals surface area (Å²) in [6, 6.07) is 16.7. The van der Waals surface area contributed by atoms with Gasteiger partial charge in [0.05, 0.1) is 17.7 Å². The van der Waals surface area contributed by atoms with Crippen LogP contribution in [0.15, 0.2) is 60.7 Å². The van der Waals surface area contributed by atoms with E-state index in [1.807, 2.05) is 0 Å². The Hall–Kier alpha value is -2.25. The first-order valence-electron chi connectivity index (χ1n) is 7.98. The predicted octanol–water partition coefficient (Wildman–Crippen LogP) is 3.53. The molecule has 0 radical (unpaired) electrons. The van der Waals surface area contributed by atoms with Crippen LogP contribution in [0, 0.1) is 0 Å². The van der Waals surface area contributed by atoms with Crippen LogP contribution < -0.4 is 0 Å². The molecule has 0 amide bonds. The zero-order chi connectivity index (χ0) is 18.5. The third-order valence-corrected chi connectivity index (χ3v) is 4.81. The van der Waals surface area contributed by atoms with E-state index in [1.54, 1.807) is 60.7 Å². The molecule has 2 aromatic carbocycles. The molecule has 4 atom stereocenters. The van der Waals surface area contributed by atoms with Gasteiger partial charge in [0, 0.05) is 0 Å². The van der Waals surface area contributed by atoms with Crippen molar-refractivity contribution < 1.29 is 28.2 Å². The van der Waals surface area contributed by atoms with Crippen molar-refractivity contribution in [3.05, 3.63) is 71.8 Å². The van der Waals surface area contributed by atoms with Crippen LogP contribution in [0.5, 0.6) is 0 Å². The lowest BCUT2D eigenvalue weighted by Crippen LogP contribution is -2.52. The SMILES string of the molecule is O=C(O[C@@H]1[C@@H](Br)[C@H](F)OC[C@H]1OC(=O)c1ccccc1)c1ccccc1. The summed E-state index contributed by atoms with van der Waals surface area (Å²) < 4.78 is 29.7. The van der Waals surface area contributed by atoms with Gasteiger partial charge in [0.25, 0.3) is 0 Å². The number of benzene rings is 2. The van der Waals surface area contributed by atoms with E-state index in [9.17, 15) is 14.0 Å². The van der Waals surface area contributed by atoms with Crippen LogP contribution in [0.4, 0.5) is 4.39 Å². The number of rotatable bonds is 4. The fourth-order valence-corrected chi connectivity index (χ4v) is 3.12. The normalized spacial score (nSPS) is 25.3. The molecule has 26 heavy (non-hydrogen) atoms. The molecular weight excluding hydrogens is 407 g/mol. The number of halogens is 2. The molecule has 136 valence electrons. The molecule has 0 aliphatic carbocycles. The van der Waals surface area contributed by atoms with Gasteiger partial charge < -0.3 is 14.2 Å². The molecule has 1 aliphatic rings. The molecule has 0 unspecified atom stereocenters. The largest absolute Gasteiger partial charge is 0.453 e. The summed E-state index contributed by atoms with van der Waals surface area (Å²) in [6.07, 6.45) is -3.65. The maximum Gasteiger partial charge on any atom is 0.338 e. The number of carbonyl (C=O) groups is 2. The van der Waals surface area contributed by atoms with Gasteiger partial charge in [-0.15, -0.1) is 0 Å². The quantitative estimate of drug-likeness (QED) is 0.557. The van der Waals surface area contributed by atoms with Gasteiger partial charge in [0.15, 0.2) is 12.2 Å². The van der Waals surface area contributed by atoms with Crippen molar-refractivity contribution in [1.82, 2.24) is 0 Å². The highest BCUT2D eigenvalue weighted by molar-refractivity contribution is 9.09. The molecular formula is C19H16BrFO5. The number of hydrogen-bond acceptors (Lipinski definition) is 5.